The van der Waals surface area contributed by atoms with E-state index >= 15 is 0 Å². The molecule has 1 N–H and O–H groups in total. The van der Waals surface area contributed by atoms with Gasteiger partial charge in [0.15, 0.2) is 5.76 Å². The van der Waals surface area contributed by atoms with E-state index in [-0.39, 0.29) is 17.7 Å². The lowest BCUT2D eigenvalue weighted by atomic mass is 9.95. The quantitative estimate of drug-likeness (QED) is 0.882. The average molecular weight is 357 g/mol. The predicted molar refractivity (Wildman–Crippen MR) is 94.6 cm³/mol. The summed E-state index contributed by atoms with van der Waals surface area (Å²) in [6, 6.07) is 6.40. The molecule has 26 heavy (non-hydrogen) atoms. The Morgan fingerprint density at radius 2 is 2.19 bits per heavy atom. The van der Waals surface area contributed by atoms with Gasteiger partial charge in [-0.25, -0.2) is 4.79 Å². The molecule has 138 valence electrons. The van der Waals surface area contributed by atoms with E-state index in [1.165, 1.54) is 4.90 Å². The molecule has 0 radical (unpaired) electrons. The molecule has 1 amide bonds. The lowest BCUT2D eigenvalue weighted by molar-refractivity contribution is -0.144. The van der Waals surface area contributed by atoms with Gasteiger partial charge in [0, 0.05) is 31.5 Å². The van der Waals surface area contributed by atoms with Gasteiger partial charge in [-0.3, -0.25) is 14.7 Å². The molecule has 1 fully saturated rings. The standard InChI is InChI=1S/C19H23N3O4/c1-13-5-6-17(26-13)18(23)22-9-7-15(10-16(22)19(24)25)21(2)12-14-4-3-8-20-11-14/h3-6,8,11,15-16H,7,9-10,12H2,1-2H3,(H,24,25)/t15-,16+/m1/s1. The van der Waals surface area contributed by atoms with Gasteiger partial charge in [-0.1, -0.05) is 6.07 Å². The smallest absolute Gasteiger partial charge is 0.326 e. The van der Waals surface area contributed by atoms with Crippen LogP contribution in [-0.2, 0) is 11.3 Å². The molecule has 7 nitrogen and oxygen atoms in total. The minimum Gasteiger partial charge on any atom is -0.480 e. The Kier molecular flexibility index (Phi) is 5.37. The van der Waals surface area contributed by atoms with E-state index in [9.17, 15) is 14.7 Å². The summed E-state index contributed by atoms with van der Waals surface area (Å²) in [5.41, 5.74) is 1.08. The highest BCUT2D eigenvalue weighted by atomic mass is 16.4. The maximum Gasteiger partial charge on any atom is 0.326 e. The van der Waals surface area contributed by atoms with Crippen LogP contribution < -0.4 is 0 Å². The number of rotatable bonds is 5. The predicted octanol–water partition coefficient (Wildman–Crippen LogP) is 2.17. The number of amides is 1. The first kappa shape index (κ1) is 18.1. The lowest BCUT2D eigenvalue weighted by Gasteiger charge is -2.40. The fraction of sp³-hybridized carbons (Fsp3) is 0.421. The molecular formula is C19H23N3O4. The first-order chi connectivity index (χ1) is 12.5. The van der Waals surface area contributed by atoms with Gasteiger partial charge in [-0.2, -0.15) is 0 Å². The van der Waals surface area contributed by atoms with E-state index in [4.69, 9.17) is 4.42 Å². The number of likely N-dealkylation sites (tertiary alicyclic amines) is 1. The first-order valence-corrected chi connectivity index (χ1v) is 8.65. The average Bonchev–Trinajstić information content (AvgIpc) is 3.07. The third kappa shape index (κ3) is 3.94. The number of carbonyl (C=O) groups excluding carboxylic acids is 1. The molecule has 0 aromatic carbocycles. The van der Waals surface area contributed by atoms with Crippen LogP contribution in [0, 0.1) is 6.92 Å². The zero-order chi connectivity index (χ0) is 18.7. The lowest BCUT2D eigenvalue weighted by Crippen LogP contribution is -2.54. The molecule has 1 saturated heterocycles. The number of carboxylic acid groups (broad SMARTS) is 1. The third-order valence-electron chi connectivity index (χ3n) is 4.85. The summed E-state index contributed by atoms with van der Waals surface area (Å²) in [6.07, 6.45) is 4.64. The normalized spacial score (nSPS) is 20.3. The number of carbonyl (C=O) groups is 2. The fourth-order valence-electron chi connectivity index (χ4n) is 3.42. The van der Waals surface area contributed by atoms with Gasteiger partial charge >= 0.3 is 5.97 Å². The van der Waals surface area contributed by atoms with Gasteiger partial charge in [0.2, 0.25) is 0 Å². The Labute approximate surface area is 152 Å². The SMILES string of the molecule is Cc1ccc(C(=O)N2CC[C@@H](N(C)Cc3cccnc3)C[C@H]2C(=O)O)o1. The molecule has 0 unspecified atom stereocenters. The van der Waals surface area contributed by atoms with Gasteiger partial charge in [0.1, 0.15) is 11.8 Å². The summed E-state index contributed by atoms with van der Waals surface area (Å²) >= 11 is 0. The summed E-state index contributed by atoms with van der Waals surface area (Å²) in [7, 11) is 1.98. The molecule has 1 aliphatic heterocycles. The number of furan rings is 1. The minimum absolute atomic E-state index is 0.0821. The van der Waals surface area contributed by atoms with Crippen molar-refractivity contribution in [1.29, 1.82) is 0 Å². The molecule has 3 rings (SSSR count). The Bertz CT molecular complexity index is 774. The Morgan fingerprint density at radius 1 is 1.38 bits per heavy atom. The van der Waals surface area contributed by atoms with E-state index < -0.39 is 12.0 Å². The van der Waals surface area contributed by atoms with Crippen molar-refractivity contribution in [3.8, 4) is 0 Å². The minimum atomic E-state index is -0.985. The molecule has 0 bridgehead atoms. The fourth-order valence-corrected chi connectivity index (χ4v) is 3.42. The number of carboxylic acids is 1. The number of aryl methyl sites for hydroxylation is 1. The Balaban J connectivity index is 1.69. The van der Waals surface area contributed by atoms with E-state index in [1.54, 1.807) is 25.3 Å². The summed E-state index contributed by atoms with van der Waals surface area (Å²) < 4.78 is 5.38. The van der Waals surface area contributed by atoms with Crippen LogP contribution in [0.1, 0.15) is 34.7 Å². The topological polar surface area (TPSA) is 86.9 Å². The molecule has 2 aromatic rings. The largest absolute Gasteiger partial charge is 0.480 e. The molecular weight excluding hydrogens is 334 g/mol. The van der Waals surface area contributed by atoms with Crippen molar-refractivity contribution in [3.05, 3.63) is 53.7 Å². The van der Waals surface area contributed by atoms with Gasteiger partial charge in [0.25, 0.3) is 5.91 Å². The summed E-state index contributed by atoms with van der Waals surface area (Å²) in [5.74, 6) is -0.526. The highest BCUT2D eigenvalue weighted by Crippen LogP contribution is 2.25. The van der Waals surface area contributed by atoms with E-state index in [0.29, 0.717) is 31.7 Å². The number of aliphatic carboxylic acids is 1. The molecule has 0 saturated carbocycles. The molecule has 0 spiro atoms. The van der Waals surface area contributed by atoms with Crippen molar-refractivity contribution in [3.63, 3.8) is 0 Å². The van der Waals surface area contributed by atoms with Crippen LogP contribution in [0.2, 0.25) is 0 Å². The zero-order valence-corrected chi connectivity index (χ0v) is 15.0. The molecule has 2 aromatic heterocycles. The number of pyridine rings is 1. The number of nitrogens with zero attached hydrogens (tertiary/aromatic N) is 3. The third-order valence-corrected chi connectivity index (χ3v) is 4.85. The van der Waals surface area contributed by atoms with Crippen LogP contribution in [0.3, 0.4) is 0 Å². The van der Waals surface area contributed by atoms with E-state index in [2.05, 4.69) is 9.88 Å². The molecule has 1 aliphatic rings. The maximum absolute atomic E-state index is 12.6. The van der Waals surface area contributed by atoms with E-state index in [1.807, 2.05) is 25.4 Å². The van der Waals surface area contributed by atoms with Gasteiger partial charge in [-0.05, 0) is 50.6 Å². The number of piperidine rings is 1. The Morgan fingerprint density at radius 3 is 2.81 bits per heavy atom. The van der Waals surface area contributed by atoms with Crippen molar-refractivity contribution in [2.45, 2.75) is 38.4 Å². The summed E-state index contributed by atoms with van der Waals surface area (Å²) in [4.78, 5) is 32.1. The molecule has 0 aliphatic carbocycles. The number of hydrogen-bond acceptors (Lipinski definition) is 5. The van der Waals surface area contributed by atoms with Crippen LogP contribution in [0.25, 0.3) is 0 Å². The molecule has 7 heteroatoms. The first-order valence-electron chi connectivity index (χ1n) is 8.65. The van der Waals surface area contributed by atoms with Crippen molar-refractivity contribution < 1.29 is 19.1 Å². The van der Waals surface area contributed by atoms with Crippen molar-refractivity contribution >= 4 is 11.9 Å². The van der Waals surface area contributed by atoms with Crippen molar-refractivity contribution in [2.75, 3.05) is 13.6 Å². The number of aromatic nitrogens is 1. The zero-order valence-electron chi connectivity index (χ0n) is 15.0. The van der Waals surface area contributed by atoms with Gasteiger partial charge in [-0.15, -0.1) is 0 Å². The highest BCUT2D eigenvalue weighted by Gasteiger charge is 2.38. The second kappa shape index (κ2) is 7.70. The molecule has 3 heterocycles. The van der Waals surface area contributed by atoms with Crippen LogP contribution in [-0.4, -0.2) is 57.4 Å². The number of hydrogen-bond donors (Lipinski definition) is 1. The van der Waals surface area contributed by atoms with Crippen molar-refractivity contribution in [1.82, 2.24) is 14.8 Å². The van der Waals surface area contributed by atoms with Crippen molar-refractivity contribution in [2.24, 2.45) is 0 Å². The van der Waals surface area contributed by atoms with Gasteiger partial charge < -0.3 is 14.4 Å². The van der Waals surface area contributed by atoms with Gasteiger partial charge in [0.05, 0.1) is 0 Å². The van der Waals surface area contributed by atoms with Crippen LogP contribution in [0.5, 0.6) is 0 Å². The maximum atomic E-state index is 12.6. The Hall–Kier alpha value is -2.67. The van der Waals surface area contributed by atoms with E-state index in [0.717, 1.165) is 5.56 Å². The van der Waals surface area contributed by atoms with Crippen LogP contribution >= 0.6 is 0 Å². The second-order valence-corrected chi connectivity index (χ2v) is 6.72. The highest BCUT2D eigenvalue weighted by molar-refractivity contribution is 5.94. The van der Waals surface area contributed by atoms with Crippen LogP contribution in [0.15, 0.2) is 41.1 Å². The summed E-state index contributed by atoms with van der Waals surface area (Å²) in [5, 5.41) is 9.65. The second-order valence-electron chi connectivity index (χ2n) is 6.72. The summed E-state index contributed by atoms with van der Waals surface area (Å²) in [6.45, 7) is 2.83. The molecule has 2 atom stereocenters. The monoisotopic (exact) mass is 357 g/mol. The van der Waals surface area contributed by atoms with Crippen LogP contribution in [0.4, 0.5) is 0 Å².